The first kappa shape index (κ1) is 15.4. The second-order valence-electron chi connectivity index (χ2n) is 5.95. The van der Waals surface area contributed by atoms with E-state index in [1.165, 1.54) is 10.3 Å². The fourth-order valence-corrected chi connectivity index (χ4v) is 4.00. The van der Waals surface area contributed by atoms with Crippen LogP contribution in [0.25, 0.3) is 10.2 Å². The SMILES string of the molecule is COc1ccc2sc(N3CCN(Cc4cccnc4)CC3)nc2c1. The van der Waals surface area contributed by atoms with E-state index in [1.807, 2.05) is 30.6 Å². The normalized spacial score (nSPS) is 15.8. The van der Waals surface area contributed by atoms with E-state index < -0.39 is 0 Å². The van der Waals surface area contributed by atoms with E-state index in [1.54, 1.807) is 18.4 Å². The summed E-state index contributed by atoms with van der Waals surface area (Å²) in [4.78, 5) is 13.8. The molecule has 0 bridgehead atoms. The third-order valence-corrected chi connectivity index (χ3v) is 5.45. The quantitative estimate of drug-likeness (QED) is 0.730. The van der Waals surface area contributed by atoms with Crippen LogP contribution in [0.3, 0.4) is 0 Å². The van der Waals surface area contributed by atoms with Crippen LogP contribution in [0.1, 0.15) is 5.56 Å². The first-order chi connectivity index (χ1) is 11.8. The van der Waals surface area contributed by atoms with Gasteiger partial charge in [0.05, 0.1) is 17.3 Å². The van der Waals surface area contributed by atoms with Crippen LogP contribution >= 0.6 is 11.3 Å². The Balaban J connectivity index is 1.42. The van der Waals surface area contributed by atoms with Gasteiger partial charge in [-0.05, 0) is 23.8 Å². The molecule has 1 aliphatic rings. The van der Waals surface area contributed by atoms with E-state index >= 15 is 0 Å². The number of rotatable bonds is 4. The highest BCUT2D eigenvalue weighted by molar-refractivity contribution is 7.22. The van der Waals surface area contributed by atoms with E-state index in [2.05, 4.69) is 26.9 Å². The molecular weight excluding hydrogens is 320 g/mol. The van der Waals surface area contributed by atoms with Crippen molar-refractivity contribution in [2.24, 2.45) is 0 Å². The molecule has 24 heavy (non-hydrogen) atoms. The number of aromatic nitrogens is 2. The van der Waals surface area contributed by atoms with Crippen molar-refractivity contribution in [1.29, 1.82) is 0 Å². The van der Waals surface area contributed by atoms with Gasteiger partial charge in [0.1, 0.15) is 5.75 Å². The summed E-state index contributed by atoms with van der Waals surface area (Å²) in [6, 6.07) is 10.2. The van der Waals surface area contributed by atoms with Gasteiger partial charge in [0.25, 0.3) is 0 Å². The molecule has 1 saturated heterocycles. The lowest BCUT2D eigenvalue weighted by atomic mass is 10.2. The maximum atomic E-state index is 5.29. The number of methoxy groups -OCH3 is 1. The Morgan fingerprint density at radius 1 is 1.17 bits per heavy atom. The van der Waals surface area contributed by atoms with Gasteiger partial charge in [-0.2, -0.15) is 0 Å². The Morgan fingerprint density at radius 2 is 2.04 bits per heavy atom. The Kier molecular flexibility index (Phi) is 4.32. The number of pyridine rings is 1. The summed E-state index contributed by atoms with van der Waals surface area (Å²) in [7, 11) is 1.69. The van der Waals surface area contributed by atoms with Crippen molar-refractivity contribution in [1.82, 2.24) is 14.9 Å². The molecular formula is C18H20N4OS. The van der Waals surface area contributed by atoms with Crippen molar-refractivity contribution in [2.75, 3.05) is 38.2 Å². The number of anilines is 1. The van der Waals surface area contributed by atoms with Gasteiger partial charge < -0.3 is 9.64 Å². The van der Waals surface area contributed by atoms with Gasteiger partial charge in [-0.15, -0.1) is 0 Å². The first-order valence-corrected chi connectivity index (χ1v) is 8.94. The zero-order valence-corrected chi connectivity index (χ0v) is 14.5. The highest BCUT2D eigenvalue weighted by atomic mass is 32.1. The predicted molar refractivity (Wildman–Crippen MR) is 97.9 cm³/mol. The zero-order chi connectivity index (χ0) is 16.4. The van der Waals surface area contributed by atoms with Crippen molar-refractivity contribution in [3.8, 4) is 5.75 Å². The molecule has 1 fully saturated rings. The molecule has 124 valence electrons. The third-order valence-electron chi connectivity index (χ3n) is 4.36. The average molecular weight is 340 g/mol. The highest BCUT2D eigenvalue weighted by Crippen LogP contribution is 2.31. The Bertz CT molecular complexity index is 812. The maximum Gasteiger partial charge on any atom is 0.186 e. The van der Waals surface area contributed by atoms with Gasteiger partial charge in [0.2, 0.25) is 0 Å². The van der Waals surface area contributed by atoms with Gasteiger partial charge in [0.15, 0.2) is 5.13 Å². The van der Waals surface area contributed by atoms with E-state index in [0.717, 1.165) is 49.1 Å². The van der Waals surface area contributed by atoms with Gasteiger partial charge >= 0.3 is 0 Å². The molecule has 0 aliphatic carbocycles. The number of ether oxygens (including phenoxy) is 1. The smallest absolute Gasteiger partial charge is 0.186 e. The average Bonchev–Trinajstić information content (AvgIpc) is 3.06. The molecule has 0 radical (unpaired) electrons. The van der Waals surface area contributed by atoms with Crippen LogP contribution in [0.4, 0.5) is 5.13 Å². The lowest BCUT2D eigenvalue weighted by molar-refractivity contribution is 0.249. The summed E-state index contributed by atoms with van der Waals surface area (Å²) in [6.45, 7) is 5.09. The molecule has 6 heteroatoms. The summed E-state index contributed by atoms with van der Waals surface area (Å²) in [5, 5.41) is 1.11. The van der Waals surface area contributed by atoms with Crippen LogP contribution in [-0.4, -0.2) is 48.2 Å². The molecule has 0 amide bonds. The lowest BCUT2D eigenvalue weighted by Gasteiger charge is -2.34. The van der Waals surface area contributed by atoms with Crippen LogP contribution in [0.5, 0.6) is 5.75 Å². The molecule has 0 spiro atoms. The van der Waals surface area contributed by atoms with Crippen LogP contribution in [0.15, 0.2) is 42.7 Å². The molecule has 2 aromatic heterocycles. The van der Waals surface area contributed by atoms with Crippen molar-refractivity contribution in [2.45, 2.75) is 6.54 Å². The zero-order valence-electron chi connectivity index (χ0n) is 13.7. The molecule has 0 saturated carbocycles. The fourth-order valence-electron chi connectivity index (χ4n) is 3.00. The van der Waals surface area contributed by atoms with Crippen LogP contribution in [0.2, 0.25) is 0 Å². The van der Waals surface area contributed by atoms with Gasteiger partial charge in [-0.1, -0.05) is 17.4 Å². The largest absolute Gasteiger partial charge is 0.497 e. The van der Waals surface area contributed by atoms with E-state index in [4.69, 9.17) is 9.72 Å². The molecule has 1 aromatic carbocycles. The molecule has 0 N–H and O–H groups in total. The minimum absolute atomic E-state index is 0.862. The summed E-state index contributed by atoms with van der Waals surface area (Å²) < 4.78 is 6.50. The number of thiazole rings is 1. The molecule has 5 nitrogen and oxygen atoms in total. The lowest BCUT2D eigenvalue weighted by Crippen LogP contribution is -2.45. The summed E-state index contributed by atoms with van der Waals surface area (Å²) in [6.07, 6.45) is 3.77. The Labute approximate surface area is 145 Å². The van der Waals surface area contributed by atoms with Gasteiger partial charge in [-0.25, -0.2) is 4.98 Å². The number of hydrogen-bond acceptors (Lipinski definition) is 6. The monoisotopic (exact) mass is 340 g/mol. The second kappa shape index (κ2) is 6.75. The van der Waals surface area contributed by atoms with Crippen molar-refractivity contribution in [3.63, 3.8) is 0 Å². The van der Waals surface area contributed by atoms with Crippen molar-refractivity contribution in [3.05, 3.63) is 48.3 Å². The Morgan fingerprint density at radius 3 is 2.79 bits per heavy atom. The topological polar surface area (TPSA) is 41.5 Å². The van der Waals surface area contributed by atoms with Crippen LogP contribution in [0, 0.1) is 0 Å². The molecule has 1 aliphatic heterocycles. The first-order valence-electron chi connectivity index (χ1n) is 8.12. The highest BCUT2D eigenvalue weighted by Gasteiger charge is 2.20. The van der Waals surface area contributed by atoms with E-state index in [-0.39, 0.29) is 0 Å². The molecule has 3 heterocycles. The number of benzene rings is 1. The second-order valence-corrected chi connectivity index (χ2v) is 6.96. The van der Waals surface area contributed by atoms with E-state index in [0.29, 0.717) is 0 Å². The van der Waals surface area contributed by atoms with Crippen molar-refractivity contribution < 1.29 is 4.74 Å². The number of fused-ring (bicyclic) bond motifs is 1. The molecule has 3 aromatic rings. The minimum atomic E-state index is 0.862. The fraction of sp³-hybridized carbons (Fsp3) is 0.333. The van der Waals surface area contributed by atoms with E-state index in [9.17, 15) is 0 Å². The maximum absolute atomic E-state index is 5.29. The molecule has 0 unspecified atom stereocenters. The number of piperazine rings is 1. The predicted octanol–water partition coefficient (Wildman–Crippen LogP) is 3.02. The summed E-state index contributed by atoms with van der Waals surface area (Å²) in [5.74, 6) is 0.862. The van der Waals surface area contributed by atoms with Crippen LogP contribution in [-0.2, 0) is 6.54 Å². The van der Waals surface area contributed by atoms with Gasteiger partial charge in [0, 0.05) is 51.2 Å². The molecule has 0 atom stereocenters. The Hall–Kier alpha value is -2.18. The summed E-state index contributed by atoms with van der Waals surface area (Å²) in [5.41, 5.74) is 2.30. The standard InChI is InChI=1S/C18H20N4OS/c1-23-15-4-5-17-16(11-15)20-18(24-17)22-9-7-21(8-10-22)13-14-3-2-6-19-12-14/h2-6,11-12H,7-10,13H2,1H3. The number of nitrogens with zero attached hydrogens (tertiary/aromatic N) is 4. The summed E-state index contributed by atoms with van der Waals surface area (Å²) >= 11 is 1.76. The van der Waals surface area contributed by atoms with Crippen molar-refractivity contribution >= 4 is 26.7 Å². The third kappa shape index (κ3) is 3.20. The van der Waals surface area contributed by atoms with Gasteiger partial charge in [-0.3, -0.25) is 9.88 Å². The van der Waals surface area contributed by atoms with Crippen LogP contribution < -0.4 is 9.64 Å². The minimum Gasteiger partial charge on any atom is -0.497 e. The number of hydrogen-bond donors (Lipinski definition) is 0. The molecule has 4 rings (SSSR count).